The van der Waals surface area contributed by atoms with Gasteiger partial charge in [-0.15, -0.1) is 0 Å². The van der Waals surface area contributed by atoms with Gasteiger partial charge in [-0.25, -0.2) is 9.97 Å². The molecule has 2 aromatic heterocycles. The first kappa shape index (κ1) is 16.5. The molecular formula is C16H13F3N6. The predicted octanol–water partition coefficient (Wildman–Crippen LogP) is 3.96. The second-order valence-electron chi connectivity index (χ2n) is 5.05. The number of alkyl halides is 3. The molecular weight excluding hydrogens is 333 g/mol. The maximum atomic E-state index is 12.8. The fraction of sp³-hybridized carbons (Fsp3) is 0.0625. The van der Waals surface area contributed by atoms with Crippen molar-refractivity contribution in [1.82, 2.24) is 15.0 Å². The Labute approximate surface area is 141 Å². The monoisotopic (exact) mass is 346 g/mol. The quantitative estimate of drug-likeness (QED) is 0.663. The van der Waals surface area contributed by atoms with Crippen LogP contribution in [0.3, 0.4) is 0 Å². The van der Waals surface area contributed by atoms with Crippen LogP contribution in [-0.2, 0) is 6.18 Å². The average Bonchev–Trinajstić information content (AvgIpc) is 2.59. The van der Waals surface area contributed by atoms with Gasteiger partial charge in [0, 0.05) is 23.8 Å². The van der Waals surface area contributed by atoms with Crippen molar-refractivity contribution in [3.8, 4) is 0 Å². The third kappa shape index (κ3) is 3.94. The maximum Gasteiger partial charge on any atom is 0.416 e. The van der Waals surface area contributed by atoms with Gasteiger partial charge in [0.1, 0.15) is 12.0 Å². The molecule has 3 aromatic rings. The number of nitrogen functional groups attached to an aromatic ring is 1. The number of nitrogens with two attached hydrogens (primary N) is 1. The Morgan fingerprint density at radius 2 is 1.52 bits per heavy atom. The molecule has 0 bridgehead atoms. The molecule has 0 radical (unpaired) electrons. The van der Waals surface area contributed by atoms with E-state index in [1.54, 1.807) is 24.5 Å². The summed E-state index contributed by atoms with van der Waals surface area (Å²) in [6, 6.07) is 8.22. The number of hydrogen-bond acceptors (Lipinski definition) is 6. The van der Waals surface area contributed by atoms with E-state index in [-0.39, 0.29) is 17.2 Å². The van der Waals surface area contributed by atoms with E-state index >= 15 is 0 Å². The minimum atomic E-state index is -4.43. The Balaban J connectivity index is 1.85. The molecule has 0 fully saturated rings. The van der Waals surface area contributed by atoms with Crippen LogP contribution in [0, 0.1) is 0 Å². The van der Waals surface area contributed by atoms with E-state index in [4.69, 9.17) is 5.73 Å². The number of halogens is 3. The molecule has 0 amide bonds. The van der Waals surface area contributed by atoms with Crippen LogP contribution in [0.15, 0.2) is 55.1 Å². The van der Waals surface area contributed by atoms with Crippen LogP contribution in [0.1, 0.15) is 5.56 Å². The number of pyridine rings is 1. The van der Waals surface area contributed by atoms with Crippen molar-refractivity contribution in [3.63, 3.8) is 0 Å². The van der Waals surface area contributed by atoms with Crippen LogP contribution in [0.2, 0.25) is 0 Å². The lowest BCUT2D eigenvalue weighted by Gasteiger charge is -2.13. The van der Waals surface area contributed by atoms with Crippen molar-refractivity contribution in [2.24, 2.45) is 0 Å². The molecule has 2 heterocycles. The van der Waals surface area contributed by atoms with E-state index in [0.717, 1.165) is 12.1 Å². The molecule has 128 valence electrons. The van der Waals surface area contributed by atoms with E-state index in [2.05, 4.69) is 25.6 Å². The van der Waals surface area contributed by atoms with Crippen molar-refractivity contribution in [3.05, 3.63) is 60.7 Å². The van der Waals surface area contributed by atoms with Crippen LogP contribution in [0.25, 0.3) is 0 Å². The van der Waals surface area contributed by atoms with Gasteiger partial charge in [0.05, 0.1) is 5.56 Å². The number of rotatable bonds is 4. The Kier molecular flexibility index (Phi) is 4.38. The molecule has 4 N–H and O–H groups in total. The molecule has 0 spiro atoms. The largest absolute Gasteiger partial charge is 0.416 e. The second-order valence-corrected chi connectivity index (χ2v) is 5.05. The predicted molar refractivity (Wildman–Crippen MR) is 88.7 cm³/mol. The smallest absolute Gasteiger partial charge is 0.393 e. The van der Waals surface area contributed by atoms with Crippen molar-refractivity contribution < 1.29 is 13.2 Å². The van der Waals surface area contributed by atoms with E-state index in [1.807, 2.05) is 0 Å². The van der Waals surface area contributed by atoms with Gasteiger partial charge in [0.15, 0.2) is 11.6 Å². The highest BCUT2D eigenvalue weighted by Crippen LogP contribution is 2.32. The number of nitrogens with one attached hydrogen (secondary N) is 2. The highest BCUT2D eigenvalue weighted by atomic mass is 19.4. The summed E-state index contributed by atoms with van der Waals surface area (Å²) in [5, 5.41) is 5.78. The molecule has 0 unspecified atom stereocenters. The second kappa shape index (κ2) is 6.63. The molecule has 6 nitrogen and oxygen atoms in total. The van der Waals surface area contributed by atoms with Gasteiger partial charge in [-0.1, -0.05) is 6.07 Å². The summed E-state index contributed by atoms with van der Waals surface area (Å²) in [6.07, 6.45) is 0.0296. The number of aromatic nitrogens is 3. The Hall–Kier alpha value is -3.36. The molecule has 0 saturated carbocycles. The van der Waals surface area contributed by atoms with E-state index in [1.165, 1.54) is 18.5 Å². The zero-order valence-corrected chi connectivity index (χ0v) is 12.7. The fourth-order valence-corrected chi connectivity index (χ4v) is 2.08. The lowest BCUT2D eigenvalue weighted by molar-refractivity contribution is -0.137. The molecule has 0 saturated heterocycles. The summed E-state index contributed by atoms with van der Waals surface area (Å²) < 4.78 is 38.4. The van der Waals surface area contributed by atoms with Gasteiger partial charge in [-0.2, -0.15) is 13.2 Å². The normalized spacial score (nSPS) is 11.2. The molecule has 0 aliphatic carbocycles. The fourth-order valence-electron chi connectivity index (χ4n) is 2.08. The SMILES string of the molecule is Nc1c(Nc2ccncc2)ncnc1Nc1cccc(C(F)(F)F)c1. The van der Waals surface area contributed by atoms with Crippen LogP contribution in [0.5, 0.6) is 0 Å². The van der Waals surface area contributed by atoms with Crippen molar-refractivity contribution >= 4 is 28.7 Å². The standard InChI is InChI=1S/C16H13F3N6/c17-16(18,19)10-2-1-3-12(8-10)25-15-13(20)14(22-9-23-15)24-11-4-6-21-7-5-11/h1-9H,20H2,(H2,21,22,23,24,25). The number of hydrogen-bond donors (Lipinski definition) is 3. The Bertz CT molecular complexity index is 867. The molecule has 0 aliphatic heterocycles. The minimum absolute atomic E-state index is 0.178. The summed E-state index contributed by atoms with van der Waals surface area (Å²) >= 11 is 0. The molecule has 3 rings (SSSR count). The Morgan fingerprint density at radius 1 is 0.880 bits per heavy atom. The van der Waals surface area contributed by atoms with Gasteiger partial charge in [0.2, 0.25) is 0 Å². The molecule has 25 heavy (non-hydrogen) atoms. The Morgan fingerprint density at radius 3 is 2.16 bits per heavy atom. The summed E-state index contributed by atoms with van der Waals surface area (Å²) in [5.41, 5.74) is 6.36. The third-order valence-corrected chi connectivity index (χ3v) is 3.28. The highest BCUT2D eigenvalue weighted by Gasteiger charge is 2.30. The molecule has 1 aromatic carbocycles. The zero-order valence-electron chi connectivity index (χ0n) is 12.7. The summed E-state index contributed by atoms with van der Waals surface area (Å²) in [7, 11) is 0. The van der Waals surface area contributed by atoms with Crippen LogP contribution in [-0.4, -0.2) is 15.0 Å². The minimum Gasteiger partial charge on any atom is -0.393 e. The first-order valence-corrected chi connectivity index (χ1v) is 7.15. The highest BCUT2D eigenvalue weighted by molar-refractivity contribution is 5.80. The van der Waals surface area contributed by atoms with Crippen LogP contribution >= 0.6 is 0 Å². The molecule has 0 aliphatic rings. The van der Waals surface area contributed by atoms with Crippen molar-refractivity contribution in [2.75, 3.05) is 16.4 Å². The van der Waals surface area contributed by atoms with Crippen molar-refractivity contribution in [1.29, 1.82) is 0 Å². The van der Waals surface area contributed by atoms with E-state index in [0.29, 0.717) is 11.5 Å². The van der Waals surface area contributed by atoms with Gasteiger partial charge in [-0.05, 0) is 30.3 Å². The maximum absolute atomic E-state index is 12.8. The lowest BCUT2D eigenvalue weighted by Crippen LogP contribution is -2.07. The van der Waals surface area contributed by atoms with Crippen LogP contribution < -0.4 is 16.4 Å². The van der Waals surface area contributed by atoms with Gasteiger partial charge >= 0.3 is 6.18 Å². The molecule has 9 heteroatoms. The third-order valence-electron chi connectivity index (χ3n) is 3.28. The average molecular weight is 346 g/mol. The van der Waals surface area contributed by atoms with Crippen molar-refractivity contribution in [2.45, 2.75) is 6.18 Å². The first-order chi connectivity index (χ1) is 11.9. The number of benzene rings is 1. The van der Waals surface area contributed by atoms with Gasteiger partial charge in [0.25, 0.3) is 0 Å². The topological polar surface area (TPSA) is 88.8 Å². The van der Waals surface area contributed by atoms with Crippen LogP contribution in [0.4, 0.5) is 41.9 Å². The summed E-state index contributed by atoms with van der Waals surface area (Å²) in [6.45, 7) is 0. The summed E-state index contributed by atoms with van der Waals surface area (Å²) in [5.74, 6) is 0.529. The molecule has 0 atom stereocenters. The number of anilines is 5. The first-order valence-electron chi connectivity index (χ1n) is 7.15. The number of nitrogens with zero attached hydrogens (tertiary/aromatic N) is 3. The lowest BCUT2D eigenvalue weighted by atomic mass is 10.2. The van der Waals surface area contributed by atoms with E-state index < -0.39 is 11.7 Å². The van der Waals surface area contributed by atoms with Gasteiger partial charge in [-0.3, -0.25) is 4.98 Å². The summed E-state index contributed by atoms with van der Waals surface area (Å²) in [4.78, 5) is 11.9. The van der Waals surface area contributed by atoms with E-state index in [9.17, 15) is 13.2 Å². The van der Waals surface area contributed by atoms with Gasteiger partial charge < -0.3 is 16.4 Å². The zero-order chi connectivity index (χ0) is 17.9.